The highest BCUT2D eigenvalue weighted by molar-refractivity contribution is 5.98. The highest BCUT2D eigenvalue weighted by Crippen LogP contribution is 2.33. The van der Waals surface area contributed by atoms with Gasteiger partial charge >= 0.3 is 0 Å². The molecule has 76 valence electrons. The van der Waals surface area contributed by atoms with Gasteiger partial charge in [-0.1, -0.05) is 6.92 Å². The summed E-state index contributed by atoms with van der Waals surface area (Å²) in [4.78, 5) is 11.5. The van der Waals surface area contributed by atoms with E-state index >= 15 is 0 Å². The molecule has 0 saturated heterocycles. The molecule has 0 aliphatic heterocycles. The molecule has 0 aliphatic rings. The van der Waals surface area contributed by atoms with Gasteiger partial charge in [-0.3, -0.25) is 4.79 Å². The van der Waals surface area contributed by atoms with Crippen LogP contribution in [0.4, 0.5) is 0 Å². The van der Waals surface area contributed by atoms with Gasteiger partial charge in [-0.2, -0.15) is 0 Å². The number of carbonyl (C=O) groups excluding carboxylic acids is 1. The first-order chi connectivity index (χ1) is 6.49. The second-order valence-electron chi connectivity index (χ2n) is 3.32. The van der Waals surface area contributed by atoms with Gasteiger partial charge in [-0.25, -0.2) is 0 Å². The molecule has 0 unspecified atom stereocenters. The smallest absolute Gasteiger partial charge is 0.163 e. The van der Waals surface area contributed by atoms with Crippen molar-refractivity contribution in [1.82, 2.24) is 0 Å². The summed E-state index contributed by atoms with van der Waals surface area (Å²) in [7, 11) is 0. The number of hydrogen-bond acceptors (Lipinski definition) is 3. The SMILES string of the molecule is CCC(=O)c1cc(O)c(O)c(C)c1C. The van der Waals surface area contributed by atoms with E-state index in [0.29, 0.717) is 17.5 Å². The van der Waals surface area contributed by atoms with Crippen molar-refractivity contribution in [3.05, 3.63) is 22.8 Å². The molecule has 0 atom stereocenters. The lowest BCUT2D eigenvalue weighted by Crippen LogP contribution is -2.01. The molecule has 0 fully saturated rings. The quantitative estimate of drug-likeness (QED) is 0.561. The molecule has 1 aromatic rings. The molecule has 0 saturated carbocycles. The van der Waals surface area contributed by atoms with Crippen LogP contribution in [-0.4, -0.2) is 16.0 Å². The van der Waals surface area contributed by atoms with Crippen molar-refractivity contribution in [1.29, 1.82) is 0 Å². The molecule has 2 N–H and O–H groups in total. The zero-order chi connectivity index (χ0) is 10.9. The van der Waals surface area contributed by atoms with E-state index < -0.39 is 0 Å². The molecule has 0 radical (unpaired) electrons. The Morgan fingerprint density at radius 3 is 2.36 bits per heavy atom. The van der Waals surface area contributed by atoms with E-state index in [2.05, 4.69) is 0 Å². The monoisotopic (exact) mass is 194 g/mol. The summed E-state index contributed by atoms with van der Waals surface area (Å²) >= 11 is 0. The third-order valence-corrected chi connectivity index (χ3v) is 2.47. The molecular weight excluding hydrogens is 180 g/mol. The largest absolute Gasteiger partial charge is 0.504 e. The number of ketones is 1. The molecule has 3 heteroatoms. The maximum Gasteiger partial charge on any atom is 0.163 e. The van der Waals surface area contributed by atoms with Gasteiger partial charge in [0.1, 0.15) is 0 Å². The topological polar surface area (TPSA) is 57.5 Å². The number of rotatable bonds is 2. The molecule has 0 amide bonds. The lowest BCUT2D eigenvalue weighted by Gasteiger charge is -2.10. The van der Waals surface area contributed by atoms with Gasteiger partial charge in [-0.05, 0) is 31.0 Å². The van der Waals surface area contributed by atoms with Crippen molar-refractivity contribution in [2.45, 2.75) is 27.2 Å². The Balaban J connectivity index is 3.40. The number of phenolic OH excluding ortho intramolecular Hbond substituents is 2. The Kier molecular flexibility index (Phi) is 2.79. The first-order valence-electron chi connectivity index (χ1n) is 4.54. The molecular formula is C11H14O3. The summed E-state index contributed by atoms with van der Waals surface area (Å²) in [5.74, 6) is -0.402. The van der Waals surface area contributed by atoms with Crippen molar-refractivity contribution in [2.75, 3.05) is 0 Å². The Hall–Kier alpha value is -1.51. The lowest BCUT2D eigenvalue weighted by atomic mass is 9.97. The Morgan fingerprint density at radius 1 is 1.29 bits per heavy atom. The summed E-state index contributed by atoms with van der Waals surface area (Å²) in [5, 5.41) is 18.8. The summed E-state index contributed by atoms with van der Waals surface area (Å²) in [6.45, 7) is 5.20. The fourth-order valence-electron chi connectivity index (χ4n) is 1.37. The first kappa shape index (κ1) is 10.6. The molecule has 0 spiro atoms. The van der Waals surface area contributed by atoms with E-state index in [-0.39, 0.29) is 17.3 Å². The molecule has 14 heavy (non-hydrogen) atoms. The predicted molar refractivity (Wildman–Crippen MR) is 53.9 cm³/mol. The van der Waals surface area contributed by atoms with Crippen LogP contribution in [0.3, 0.4) is 0 Å². The average Bonchev–Trinajstić information content (AvgIpc) is 2.19. The predicted octanol–water partition coefficient (Wildman–Crippen LogP) is 2.31. The Labute approximate surface area is 83.0 Å². The lowest BCUT2D eigenvalue weighted by molar-refractivity contribution is 0.0987. The van der Waals surface area contributed by atoms with Crippen LogP contribution < -0.4 is 0 Å². The number of carbonyl (C=O) groups is 1. The second kappa shape index (κ2) is 3.70. The minimum Gasteiger partial charge on any atom is -0.504 e. The van der Waals surface area contributed by atoms with Crippen molar-refractivity contribution >= 4 is 5.78 Å². The fraction of sp³-hybridized carbons (Fsp3) is 0.364. The molecule has 3 nitrogen and oxygen atoms in total. The minimum atomic E-state index is -0.232. The number of benzene rings is 1. The number of hydrogen-bond donors (Lipinski definition) is 2. The van der Waals surface area contributed by atoms with E-state index in [1.54, 1.807) is 20.8 Å². The number of aromatic hydroxyl groups is 2. The van der Waals surface area contributed by atoms with Crippen molar-refractivity contribution in [3.63, 3.8) is 0 Å². The van der Waals surface area contributed by atoms with Gasteiger partial charge < -0.3 is 10.2 Å². The maximum absolute atomic E-state index is 11.5. The molecule has 0 aliphatic carbocycles. The molecule has 1 rings (SSSR count). The summed E-state index contributed by atoms with van der Waals surface area (Å²) in [5.41, 5.74) is 1.77. The summed E-state index contributed by atoms with van der Waals surface area (Å²) < 4.78 is 0. The minimum absolute atomic E-state index is 0.0269. The van der Waals surface area contributed by atoms with Crippen LogP contribution >= 0.6 is 0 Å². The third kappa shape index (κ3) is 1.58. The van der Waals surface area contributed by atoms with E-state index in [4.69, 9.17) is 0 Å². The van der Waals surface area contributed by atoms with Crippen LogP contribution in [0.1, 0.15) is 34.8 Å². The van der Waals surface area contributed by atoms with Crippen LogP contribution in [0.2, 0.25) is 0 Å². The second-order valence-corrected chi connectivity index (χ2v) is 3.32. The van der Waals surface area contributed by atoms with Gasteiger partial charge in [0.2, 0.25) is 0 Å². The van der Waals surface area contributed by atoms with Gasteiger partial charge in [0.25, 0.3) is 0 Å². The normalized spacial score (nSPS) is 10.2. The maximum atomic E-state index is 11.5. The summed E-state index contributed by atoms with van der Waals surface area (Å²) in [6, 6.07) is 1.32. The first-order valence-corrected chi connectivity index (χ1v) is 4.54. The summed E-state index contributed by atoms with van der Waals surface area (Å²) in [6.07, 6.45) is 0.393. The van der Waals surface area contributed by atoms with E-state index in [1.807, 2.05) is 0 Å². The standard InChI is InChI=1S/C11H14O3/c1-4-9(12)8-5-10(13)11(14)7(3)6(8)2/h5,13-14H,4H2,1-3H3. The number of phenols is 2. The third-order valence-electron chi connectivity index (χ3n) is 2.47. The average molecular weight is 194 g/mol. The van der Waals surface area contributed by atoms with Crippen LogP contribution in [-0.2, 0) is 0 Å². The van der Waals surface area contributed by atoms with Crippen LogP contribution in [0.15, 0.2) is 6.07 Å². The van der Waals surface area contributed by atoms with Crippen LogP contribution in [0.5, 0.6) is 11.5 Å². The zero-order valence-electron chi connectivity index (χ0n) is 8.59. The molecule has 1 aromatic carbocycles. The molecule has 0 bridgehead atoms. The highest BCUT2D eigenvalue weighted by atomic mass is 16.3. The van der Waals surface area contributed by atoms with Crippen molar-refractivity contribution in [2.24, 2.45) is 0 Å². The van der Waals surface area contributed by atoms with E-state index in [9.17, 15) is 15.0 Å². The number of Topliss-reactive ketones (excluding diaryl/α,β-unsaturated/α-hetero) is 1. The van der Waals surface area contributed by atoms with Crippen molar-refractivity contribution in [3.8, 4) is 11.5 Å². The molecule has 0 aromatic heterocycles. The fourth-order valence-corrected chi connectivity index (χ4v) is 1.37. The van der Waals surface area contributed by atoms with Gasteiger partial charge in [0.05, 0.1) is 0 Å². The molecule has 0 heterocycles. The highest BCUT2D eigenvalue weighted by Gasteiger charge is 2.14. The van der Waals surface area contributed by atoms with E-state index in [1.165, 1.54) is 6.07 Å². The van der Waals surface area contributed by atoms with Crippen LogP contribution in [0, 0.1) is 13.8 Å². The van der Waals surface area contributed by atoms with Gasteiger partial charge in [0, 0.05) is 12.0 Å². The van der Waals surface area contributed by atoms with Gasteiger partial charge in [-0.15, -0.1) is 0 Å². The van der Waals surface area contributed by atoms with E-state index in [0.717, 1.165) is 5.56 Å². The van der Waals surface area contributed by atoms with Crippen LogP contribution in [0.25, 0.3) is 0 Å². The zero-order valence-corrected chi connectivity index (χ0v) is 8.59. The Bertz CT molecular complexity index is 381. The van der Waals surface area contributed by atoms with Crippen molar-refractivity contribution < 1.29 is 15.0 Å². The van der Waals surface area contributed by atoms with Gasteiger partial charge in [0.15, 0.2) is 17.3 Å². The Morgan fingerprint density at radius 2 is 1.86 bits per heavy atom.